The van der Waals surface area contributed by atoms with Crippen LogP contribution in [-0.2, 0) is 0 Å². The summed E-state index contributed by atoms with van der Waals surface area (Å²) in [5, 5.41) is 2.49. The minimum Gasteiger partial charge on any atom is -0.255 e. The quantitative estimate of drug-likeness (QED) is 0.667. The van der Waals surface area contributed by atoms with E-state index in [1.54, 1.807) is 0 Å². The average molecular weight is 182 g/mol. The van der Waals surface area contributed by atoms with Gasteiger partial charge < -0.3 is 0 Å². The summed E-state index contributed by atoms with van der Waals surface area (Å²) in [5.41, 5.74) is 3.50. The third-order valence-electron chi connectivity index (χ3n) is 3.49. The van der Waals surface area contributed by atoms with Crippen molar-refractivity contribution in [3.05, 3.63) is 0 Å². The lowest BCUT2D eigenvalue weighted by Gasteiger charge is -2.36. The lowest BCUT2D eigenvalue weighted by Crippen LogP contribution is -2.44. The number of hydrogen-bond donors (Lipinski definition) is 1. The van der Waals surface area contributed by atoms with Gasteiger partial charge in [0.1, 0.15) is 0 Å². The zero-order valence-corrected chi connectivity index (χ0v) is 8.92. The lowest BCUT2D eigenvalue weighted by atomic mass is 9.80. The Morgan fingerprint density at radius 3 is 2.31 bits per heavy atom. The molecule has 13 heavy (non-hydrogen) atoms. The normalized spacial score (nSPS) is 42.5. The molecule has 1 aliphatic carbocycles. The van der Waals surface area contributed by atoms with E-state index in [1.165, 1.54) is 38.8 Å². The second-order valence-corrected chi connectivity index (χ2v) is 5.03. The minimum atomic E-state index is 0.821. The molecule has 2 atom stereocenters. The summed E-state index contributed by atoms with van der Waals surface area (Å²) in [5.74, 6) is 1.85. The molecule has 1 saturated carbocycles. The van der Waals surface area contributed by atoms with E-state index in [0.29, 0.717) is 0 Å². The summed E-state index contributed by atoms with van der Waals surface area (Å²) in [6.07, 6.45) is 5.57. The maximum atomic E-state index is 3.50. The van der Waals surface area contributed by atoms with Crippen LogP contribution in [0.3, 0.4) is 0 Å². The number of hydrazine groups is 1. The molecular weight excluding hydrogens is 160 g/mol. The predicted molar refractivity (Wildman–Crippen MR) is 55.3 cm³/mol. The molecule has 1 N–H and O–H groups in total. The third-order valence-corrected chi connectivity index (χ3v) is 3.49. The van der Waals surface area contributed by atoms with E-state index in [2.05, 4.69) is 24.3 Å². The Balaban J connectivity index is 1.90. The fourth-order valence-corrected chi connectivity index (χ4v) is 3.02. The molecule has 0 amide bonds. The Morgan fingerprint density at radius 2 is 1.77 bits per heavy atom. The first kappa shape index (κ1) is 9.47. The van der Waals surface area contributed by atoms with Crippen LogP contribution in [0.15, 0.2) is 0 Å². The first-order valence-electron chi connectivity index (χ1n) is 5.76. The van der Waals surface area contributed by atoms with Gasteiger partial charge in [-0.15, -0.1) is 0 Å². The highest BCUT2D eigenvalue weighted by Gasteiger charge is 2.29. The second kappa shape index (κ2) is 3.97. The van der Waals surface area contributed by atoms with Crippen molar-refractivity contribution in [2.24, 2.45) is 11.8 Å². The van der Waals surface area contributed by atoms with Crippen LogP contribution in [0.5, 0.6) is 0 Å². The first-order valence-corrected chi connectivity index (χ1v) is 5.76. The summed E-state index contributed by atoms with van der Waals surface area (Å²) in [7, 11) is 0. The lowest BCUT2D eigenvalue weighted by molar-refractivity contribution is 0.0942. The zero-order valence-electron chi connectivity index (χ0n) is 8.92. The minimum absolute atomic E-state index is 0.821. The summed E-state index contributed by atoms with van der Waals surface area (Å²) in [6.45, 7) is 7.26. The molecule has 2 nitrogen and oxygen atoms in total. The van der Waals surface area contributed by atoms with E-state index < -0.39 is 0 Å². The molecule has 0 aromatic rings. The first-order chi connectivity index (χ1) is 6.25. The molecule has 2 aliphatic rings. The van der Waals surface area contributed by atoms with Gasteiger partial charge in [0.25, 0.3) is 0 Å². The number of nitrogens with zero attached hydrogens (tertiary/aromatic N) is 1. The molecule has 0 spiro atoms. The van der Waals surface area contributed by atoms with Crippen molar-refractivity contribution in [3.63, 3.8) is 0 Å². The van der Waals surface area contributed by atoms with Gasteiger partial charge in [-0.1, -0.05) is 13.8 Å². The van der Waals surface area contributed by atoms with Crippen LogP contribution in [0.1, 0.15) is 39.5 Å². The van der Waals surface area contributed by atoms with Crippen molar-refractivity contribution >= 4 is 0 Å². The van der Waals surface area contributed by atoms with E-state index in [0.717, 1.165) is 17.9 Å². The van der Waals surface area contributed by atoms with Gasteiger partial charge in [-0.25, -0.2) is 5.01 Å². The Morgan fingerprint density at radius 1 is 1.08 bits per heavy atom. The van der Waals surface area contributed by atoms with Gasteiger partial charge >= 0.3 is 0 Å². The van der Waals surface area contributed by atoms with Gasteiger partial charge in [-0.2, -0.15) is 0 Å². The highest BCUT2D eigenvalue weighted by Crippen LogP contribution is 2.31. The molecule has 0 aromatic carbocycles. The van der Waals surface area contributed by atoms with Gasteiger partial charge in [0, 0.05) is 19.1 Å². The molecule has 2 unspecified atom stereocenters. The Bertz CT molecular complexity index is 153. The smallest absolute Gasteiger partial charge is 0.0248 e. The van der Waals surface area contributed by atoms with E-state index >= 15 is 0 Å². The van der Waals surface area contributed by atoms with Gasteiger partial charge in [-0.05, 0) is 37.5 Å². The van der Waals surface area contributed by atoms with E-state index in [-0.39, 0.29) is 0 Å². The molecule has 2 heteroatoms. The standard InChI is InChI=1S/C11H22N2/c1-9-6-10(2)8-11(7-9)13-5-3-4-12-13/h9-12H,3-8H2,1-2H3. The summed E-state index contributed by atoms with van der Waals surface area (Å²) in [4.78, 5) is 0. The van der Waals surface area contributed by atoms with Crippen molar-refractivity contribution in [3.8, 4) is 0 Å². The van der Waals surface area contributed by atoms with Gasteiger partial charge in [0.15, 0.2) is 0 Å². The molecule has 1 heterocycles. The van der Waals surface area contributed by atoms with Crippen LogP contribution in [0, 0.1) is 11.8 Å². The molecule has 0 radical (unpaired) electrons. The van der Waals surface area contributed by atoms with Gasteiger partial charge in [-0.3, -0.25) is 5.43 Å². The highest BCUT2D eigenvalue weighted by molar-refractivity contribution is 4.82. The fourth-order valence-electron chi connectivity index (χ4n) is 3.02. The topological polar surface area (TPSA) is 15.3 Å². The maximum Gasteiger partial charge on any atom is 0.0248 e. The Kier molecular flexibility index (Phi) is 2.89. The van der Waals surface area contributed by atoms with E-state index in [4.69, 9.17) is 0 Å². The molecule has 2 rings (SSSR count). The molecule has 1 saturated heterocycles. The van der Waals surface area contributed by atoms with Crippen LogP contribution < -0.4 is 5.43 Å². The second-order valence-electron chi connectivity index (χ2n) is 5.03. The number of rotatable bonds is 1. The largest absolute Gasteiger partial charge is 0.255 e. The molecular formula is C11H22N2. The average Bonchev–Trinajstić information content (AvgIpc) is 2.53. The Labute approximate surface area is 81.7 Å². The maximum absolute atomic E-state index is 3.50. The third kappa shape index (κ3) is 2.23. The predicted octanol–water partition coefficient (Wildman–Crippen LogP) is 2.02. The van der Waals surface area contributed by atoms with Crippen LogP contribution in [0.4, 0.5) is 0 Å². The van der Waals surface area contributed by atoms with Gasteiger partial charge in [0.2, 0.25) is 0 Å². The van der Waals surface area contributed by atoms with Crippen LogP contribution in [0.25, 0.3) is 0 Å². The van der Waals surface area contributed by atoms with Crippen molar-refractivity contribution in [2.75, 3.05) is 13.1 Å². The SMILES string of the molecule is CC1CC(C)CC(N2CCCN2)C1. The van der Waals surface area contributed by atoms with Crippen molar-refractivity contribution in [2.45, 2.75) is 45.6 Å². The molecule has 0 bridgehead atoms. The zero-order chi connectivity index (χ0) is 9.26. The summed E-state index contributed by atoms with van der Waals surface area (Å²) >= 11 is 0. The fraction of sp³-hybridized carbons (Fsp3) is 1.00. The van der Waals surface area contributed by atoms with Crippen LogP contribution in [0.2, 0.25) is 0 Å². The molecule has 1 aliphatic heterocycles. The van der Waals surface area contributed by atoms with E-state index in [1.807, 2.05) is 0 Å². The molecule has 0 aromatic heterocycles. The van der Waals surface area contributed by atoms with Crippen LogP contribution >= 0.6 is 0 Å². The monoisotopic (exact) mass is 182 g/mol. The molecule has 2 fully saturated rings. The number of nitrogens with one attached hydrogen (secondary N) is 1. The summed E-state index contributed by atoms with van der Waals surface area (Å²) in [6, 6.07) is 0.821. The van der Waals surface area contributed by atoms with Crippen molar-refractivity contribution < 1.29 is 0 Å². The summed E-state index contributed by atoms with van der Waals surface area (Å²) < 4.78 is 0. The van der Waals surface area contributed by atoms with Crippen LogP contribution in [-0.4, -0.2) is 24.1 Å². The Hall–Kier alpha value is -0.0800. The highest BCUT2D eigenvalue weighted by atomic mass is 15.5. The number of hydrogen-bond acceptors (Lipinski definition) is 2. The van der Waals surface area contributed by atoms with Crippen molar-refractivity contribution in [1.29, 1.82) is 0 Å². The molecule has 76 valence electrons. The van der Waals surface area contributed by atoms with Gasteiger partial charge in [0.05, 0.1) is 0 Å². The van der Waals surface area contributed by atoms with E-state index in [9.17, 15) is 0 Å². The van der Waals surface area contributed by atoms with Crippen molar-refractivity contribution in [1.82, 2.24) is 10.4 Å².